The van der Waals surface area contributed by atoms with Gasteiger partial charge in [0.1, 0.15) is 6.61 Å². The lowest BCUT2D eigenvalue weighted by Crippen LogP contribution is -2.46. The average molecular weight is 394 g/mol. The quantitative estimate of drug-likeness (QED) is 0.795. The largest absolute Gasteiger partial charge is 0.462 e. The lowest BCUT2D eigenvalue weighted by atomic mass is 9.74. The van der Waals surface area contributed by atoms with E-state index < -0.39 is 0 Å². The maximum atomic E-state index is 12.4. The minimum atomic E-state index is -0.297. The summed E-state index contributed by atoms with van der Waals surface area (Å²) >= 11 is 0. The predicted molar refractivity (Wildman–Crippen MR) is 110 cm³/mol. The maximum absolute atomic E-state index is 12.4. The molecule has 1 spiro atoms. The van der Waals surface area contributed by atoms with Gasteiger partial charge in [0.15, 0.2) is 0 Å². The van der Waals surface area contributed by atoms with E-state index >= 15 is 0 Å². The molecule has 6 nitrogen and oxygen atoms in total. The van der Waals surface area contributed by atoms with Crippen molar-refractivity contribution in [3.8, 4) is 0 Å². The number of fused-ring (bicyclic) bond motifs is 2. The SMILES string of the molecule is CCOC(=O)c1ccc2c(c1)NCC21CCN(C(=O)OCc2ccccc2)CC1. The van der Waals surface area contributed by atoms with Gasteiger partial charge in [0.05, 0.1) is 12.2 Å². The normalized spacial score (nSPS) is 16.8. The second-order valence-corrected chi connectivity index (χ2v) is 7.64. The lowest BCUT2D eigenvalue weighted by Gasteiger charge is -2.38. The van der Waals surface area contributed by atoms with Crippen LogP contribution in [0, 0.1) is 0 Å². The molecule has 0 radical (unpaired) electrons. The Morgan fingerprint density at radius 1 is 1.07 bits per heavy atom. The summed E-state index contributed by atoms with van der Waals surface area (Å²) in [6.45, 7) is 4.60. The number of carbonyl (C=O) groups is 2. The second kappa shape index (κ2) is 8.15. The smallest absolute Gasteiger partial charge is 0.410 e. The first kappa shape index (κ1) is 19.3. The van der Waals surface area contributed by atoms with Crippen molar-refractivity contribution in [2.45, 2.75) is 31.8 Å². The van der Waals surface area contributed by atoms with Crippen LogP contribution in [0.5, 0.6) is 0 Å². The van der Waals surface area contributed by atoms with Gasteiger partial charge in [0.25, 0.3) is 0 Å². The Hall–Kier alpha value is -3.02. The summed E-state index contributed by atoms with van der Waals surface area (Å²) < 4.78 is 10.6. The van der Waals surface area contributed by atoms with E-state index in [0.29, 0.717) is 31.9 Å². The summed E-state index contributed by atoms with van der Waals surface area (Å²) in [7, 11) is 0. The molecular formula is C23H26N2O4. The minimum absolute atomic E-state index is 0.00126. The fourth-order valence-electron chi connectivity index (χ4n) is 4.23. The molecule has 0 aromatic heterocycles. The van der Waals surface area contributed by atoms with Crippen LogP contribution in [-0.4, -0.2) is 43.2 Å². The number of likely N-dealkylation sites (tertiary alicyclic amines) is 1. The molecule has 2 heterocycles. The monoisotopic (exact) mass is 394 g/mol. The Kier molecular flexibility index (Phi) is 5.43. The molecule has 1 amide bonds. The van der Waals surface area contributed by atoms with E-state index in [0.717, 1.165) is 30.6 Å². The molecule has 0 saturated carbocycles. The van der Waals surface area contributed by atoms with Crippen molar-refractivity contribution in [2.75, 3.05) is 31.6 Å². The molecule has 0 unspecified atom stereocenters. The molecule has 1 saturated heterocycles. The van der Waals surface area contributed by atoms with Gasteiger partial charge in [-0.1, -0.05) is 36.4 Å². The molecule has 0 bridgehead atoms. The fraction of sp³-hybridized carbons (Fsp3) is 0.391. The van der Waals surface area contributed by atoms with Crippen LogP contribution in [-0.2, 0) is 21.5 Å². The highest BCUT2D eigenvalue weighted by atomic mass is 16.6. The molecule has 2 aromatic rings. The number of ether oxygens (including phenoxy) is 2. The van der Waals surface area contributed by atoms with Crippen molar-refractivity contribution < 1.29 is 19.1 Å². The van der Waals surface area contributed by atoms with E-state index in [1.807, 2.05) is 48.5 Å². The zero-order valence-electron chi connectivity index (χ0n) is 16.6. The molecule has 152 valence electrons. The van der Waals surface area contributed by atoms with Crippen LogP contribution in [0.1, 0.15) is 41.3 Å². The summed E-state index contributed by atoms with van der Waals surface area (Å²) in [5, 5.41) is 3.45. The summed E-state index contributed by atoms with van der Waals surface area (Å²) in [5.74, 6) is -0.297. The van der Waals surface area contributed by atoms with E-state index in [4.69, 9.17) is 9.47 Å². The molecule has 2 aliphatic rings. The first-order chi connectivity index (χ1) is 14.1. The van der Waals surface area contributed by atoms with Gasteiger partial charge in [-0.15, -0.1) is 0 Å². The molecule has 0 atom stereocenters. The topological polar surface area (TPSA) is 67.9 Å². The number of hydrogen-bond donors (Lipinski definition) is 1. The number of nitrogens with one attached hydrogen (secondary N) is 1. The van der Waals surface area contributed by atoms with Crippen molar-refractivity contribution in [1.82, 2.24) is 4.90 Å². The Bertz CT molecular complexity index is 889. The molecule has 0 aliphatic carbocycles. The van der Waals surface area contributed by atoms with Crippen LogP contribution in [0.4, 0.5) is 10.5 Å². The van der Waals surface area contributed by atoms with Gasteiger partial charge >= 0.3 is 12.1 Å². The molecular weight excluding hydrogens is 368 g/mol. The Morgan fingerprint density at radius 3 is 2.55 bits per heavy atom. The first-order valence-electron chi connectivity index (χ1n) is 10.1. The number of carbonyl (C=O) groups excluding carboxylic acids is 2. The highest BCUT2D eigenvalue weighted by Gasteiger charge is 2.42. The van der Waals surface area contributed by atoms with Crippen molar-refractivity contribution in [2.24, 2.45) is 0 Å². The Morgan fingerprint density at radius 2 is 1.83 bits per heavy atom. The standard InChI is InChI=1S/C23H26N2O4/c1-2-28-21(26)18-8-9-19-20(14-18)24-16-23(19)10-12-25(13-11-23)22(27)29-15-17-6-4-3-5-7-17/h3-9,14,24H,2,10-13,15-16H2,1H3. The van der Waals surface area contributed by atoms with E-state index in [-0.39, 0.29) is 17.5 Å². The highest BCUT2D eigenvalue weighted by molar-refractivity contribution is 5.91. The average Bonchev–Trinajstić information content (AvgIpc) is 3.11. The van der Waals surface area contributed by atoms with Gasteiger partial charge in [-0.3, -0.25) is 0 Å². The van der Waals surface area contributed by atoms with Crippen molar-refractivity contribution >= 4 is 17.7 Å². The van der Waals surface area contributed by atoms with Crippen LogP contribution in [0.15, 0.2) is 48.5 Å². The molecule has 2 aromatic carbocycles. The van der Waals surface area contributed by atoms with Crippen LogP contribution < -0.4 is 5.32 Å². The molecule has 4 rings (SSSR count). The second-order valence-electron chi connectivity index (χ2n) is 7.64. The summed E-state index contributed by atoms with van der Waals surface area (Å²) in [5.41, 5.74) is 3.77. The maximum Gasteiger partial charge on any atom is 0.410 e. The van der Waals surface area contributed by atoms with Gasteiger partial charge in [-0.2, -0.15) is 0 Å². The summed E-state index contributed by atoms with van der Waals surface area (Å²) in [6, 6.07) is 15.5. The van der Waals surface area contributed by atoms with Gasteiger partial charge < -0.3 is 19.7 Å². The van der Waals surface area contributed by atoms with Crippen LogP contribution >= 0.6 is 0 Å². The predicted octanol–water partition coefficient (Wildman–Crippen LogP) is 3.96. The minimum Gasteiger partial charge on any atom is -0.462 e. The van der Waals surface area contributed by atoms with Crippen LogP contribution in [0.25, 0.3) is 0 Å². The first-order valence-corrected chi connectivity index (χ1v) is 10.1. The fourth-order valence-corrected chi connectivity index (χ4v) is 4.23. The number of anilines is 1. The Balaban J connectivity index is 1.37. The van der Waals surface area contributed by atoms with Gasteiger partial charge in [0.2, 0.25) is 0 Å². The summed E-state index contributed by atoms with van der Waals surface area (Å²) in [6.07, 6.45) is 1.48. The highest BCUT2D eigenvalue weighted by Crippen LogP contribution is 2.44. The number of esters is 1. The number of benzene rings is 2. The van der Waals surface area contributed by atoms with Gasteiger partial charge in [0, 0.05) is 30.7 Å². The zero-order valence-corrected chi connectivity index (χ0v) is 16.6. The molecule has 29 heavy (non-hydrogen) atoms. The van der Waals surface area contributed by atoms with Crippen LogP contribution in [0.3, 0.4) is 0 Å². The number of piperidine rings is 1. The van der Waals surface area contributed by atoms with E-state index in [2.05, 4.69) is 5.32 Å². The zero-order chi connectivity index (χ0) is 20.3. The lowest BCUT2D eigenvalue weighted by molar-refractivity contribution is 0.0526. The van der Waals surface area contributed by atoms with Gasteiger partial charge in [-0.25, -0.2) is 9.59 Å². The molecule has 1 fully saturated rings. The number of rotatable bonds is 4. The third-order valence-corrected chi connectivity index (χ3v) is 5.90. The summed E-state index contributed by atoms with van der Waals surface area (Å²) in [4.78, 5) is 26.2. The van der Waals surface area contributed by atoms with E-state index in [1.54, 1.807) is 11.8 Å². The third kappa shape index (κ3) is 3.92. The Labute approximate surface area is 170 Å². The van der Waals surface area contributed by atoms with Crippen LogP contribution in [0.2, 0.25) is 0 Å². The number of nitrogens with zero attached hydrogens (tertiary/aromatic N) is 1. The number of hydrogen-bond acceptors (Lipinski definition) is 5. The molecule has 6 heteroatoms. The van der Waals surface area contributed by atoms with Crippen molar-refractivity contribution in [3.05, 3.63) is 65.2 Å². The molecule has 2 aliphatic heterocycles. The third-order valence-electron chi connectivity index (χ3n) is 5.90. The van der Waals surface area contributed by atoms with E-state index in [9.17, 15) is 9.59 Å². The molecule has 1 N–H and O–H groups in total. The van der Waals surface area contributed by atoms with E-state index in [1.165, 1.54) is 5.56 Å². The van der Waals surface area contributed by atoms with Gasteiger partial charge in [-0.05, 0) is 43.0 Å². The van der Waals surface area contributed by atoms with Crippen molar-refractivity contribution in [3.63, 3.8) is 0 Å². The van der Waals surface area contributed by atoms with Crippen molar-refractivity contribution in [1.29, 1.82) is 0 Å². The number of amides is 1.